The molecular weight excluding hydrogens is 374 g/mol. The van der Waals surface area contributed by atoms with Crippen LogP contribution in [0.3, 0.4) is 0 Å². The summed E-state index contributed by atoms with van der Waals surface area (Å²) in [6, 6.07) is 11.0. The van der Waals surface area contributed by atoms with Crippen LogP contribution in [0, 0.1) is 0 Å². The van der Waals surface area contributed by atoms with E-state index in [9.17, 15) is 5.11 Å². The van der Waals surface area contributed by atoms with E-state index < -0.39 is 0 Å². The van der Waals surface area contributed by atoms with Gasteiger partial charge in [0.25, 0.3) is 0 Å². The van der Waals surface area contributed by atoms with Gasteiger partial charge in [0.05, 0.1) is 11.6 Å². The van der Waals surface area contributed by atoms with Crippen LogP contribution in [-0.4, -0.2) is 18.4 Å². The van der Waals surface area contributed by atoms with Gasteiger partial charge in [0.1, 0.15) is 17.2 Å². The monoisotopic (exact) mass is 383 g/mol. The van der Waals surface area contributed by atoms with E-state index in [0.717, 1.165) is 4.47 Å². The molecule has 0 spiro atoms. The lowest BCUT2D eigenvalue weighted by atomic mass is 10.2. The molecule has 5 heteroatoms. The minimum atomic E-state index is 0.146. The van der Waals surface area contributed by atoms with Gasteiger partial charge in [-0.15, -0.1) is 0 Å². The molecule has 3 nitrogen and oxygen atoms in total. The lowest BCUT2D eigenvalue weighted by Gasteiger charge is -2.05. The number of phenols is 1. The highest BCUT2D eigenvalue weighted by atomic mass is 79.9. The Morgan fingerprint density at radius 1 is 1.11 bits per heavy atom. The Kier molecular flexibility index (Phi) is 4.61. The predicted octanol–water partition coefficient (Wildman–Crippen LogP) is 4.68. The van der Waals surface area contributed by atoms with Crippen LogP contribution in [0.2, 0.25) is 0 Å². The lowest BCUT2D eigenvalue weighted by Crippen LogP contribution is -1.87. The van der Waals surface area contributed by atoms with Gasteiger partial charge in [0.2, 0.25) is 0 Å². The molecule has 2 aromatic carbocycles. The highest BCUT2D eigenvalue weighted by molar-refractivity contribution is 9.11. The van der Waals surface area contributed by atoms with Crippen LogP contribution in [0.15, 0.2) is 50.3 Å². The highest BCUT2D eigenvalue weighted by Gasteiger charge is 2.08. The average molecular weight is 385 g/mol. The highest BCUT2D eigenvalue weighted by Crippen LogP contribution is 2.33. The first-order valence-corrected chi connectivity index (χ1v) is 7.06. The van der Waals surface area contributed by atoms with Crippen molar-refractivity contribution in [1.29, 1.82) is 0 Å². The maximum absolute atomic E-state index is 9.98. The smallest absolute Gasteiger partial charge is 0.144 e. The Morgan fingerprint density at radius 2 is 1.79 bits per heavy atom. The average Bonchev–Trinajstić information content (AvgIpc) is 2.43. The summed E-state index contributed by atoms with van der Waals surface area (Å²) in [5.41, 5.74) is 1.32. The van der Waals surface area contributed by atoms with E-state index in [4.69, 9.17) is 4.74 Å². The number of para-hydroxylation sites is 2. The molecule has 0 aromatic heterocycles. The van der Waals surface area contributed by atoms with Crippen molar-refractivity contribution in [2.75, 3.05) is 7.11 Å². The quantitative estimate of drug-likeness (QED) is 0.780. The molecule has 0 unspecified atom stereocenters. The van der Waals surface area contributed by atoms with Crippen LogP contribution in [-0.2, 0) is 0 Å². The Labute approximate surface area is 128 Å². The molecule has 1 N–H and O–H groups in total. The third-order valence-corrected chi connectivity index (χ3v) is 3.86. The van der Waals surface area contributed by atoms with Crippen molar-refractivity contribution in [2.45, 2.75) is 0 Å². The standard InChI is InChI=1S/C14H11Br2NO2/c1-19-13-5-3-2-4-12(13)17-8-9-10(15)6-7-11(16)14(9)18/h2-8,18H,1H3. The fraction of sp³-hybridized carbons (Fsp3) is 0.0714. The Morgan fingerprint density at radius 3 is 2.53 bits per heavy atom. The maximum atomic E-state index is 9.98. The summed E-state index contributed by atoms with van der Waals surface area (Å²) in [6.07, 6.45) is 1.60. The number of methoxy groups -OCH3 is 1. The zero-order valence-electron chi connectivity index (χ0n) is 10.1. The summed E-state index contributed by atoms with van der Waals surface area (Å²) in [5, 5.41) is 9.98. The lowest BCUT2D eigenvalue weighted by molar-refractivity contribution is 0.416. The van der Waals surface area contributed by atoms with Crippen molar-refractivity contribution in [2.24, 2.45) is 4.99 Å². The van der Waals surface area contributed by atoms with Gasteiger partial charge in [-0.2, -0.15) is 0 Å². The zero-order valence-corrected chi connectivity index (χ0v) is 13.3. The minimum Gasteiger partial charge on any atom is -0.506 e. The first-order chi connectivity index (χ1) is 9.13. The van der Waals surface area contributed by atoms with Crippen LogP contribution < -0.4 is 4.74 Å². The molecule has 0 saturated heterocycles. The molecule has 2 aromatic rings. The molecule has 0 bridgehead atoms. The second kappa shape index (κ2) is 6.21. The maximum Gasteiger partial charge on any atom is 0.144 e. The van der Waals surface area contributed by atoms with Crippen LogP contribution in [0.5, 0.6) is 11.5 Å². The van der Waals surface area contributed by atoms with E-state index in [2.05, 4.69) is 36.9 Å². The number of ether oxygens (including phenoxy) is 1. The fourth-order valence-electron chi connectivity index (χ4n) is 1.55. The topological polar surface area (TPSA) is 41.8 Å². The van der Waals surface area contributed by atoms with E-state index in [1.165, 1.54) is 0 Å². The van der Waals surface area contributed by atoms with Gasteiger partial charge in [-0.3, -0.25) is 4.99 Å². The molecule has 0 radical (unpaired) electrons. The number of nitrogens with zero attached hydrogens (tertiary/aromatic N) is 1. The molecule has 0 aliphatic heterocycles. The molecule has 0 amide bonds. The summed E-state index contributed by atoms with van der Waals surface area (Å²) < 4.78 is 6.61. The molecule has 98 valence electrons. The number of phenolic OH excluding ortho intramolecular Hbond substituents is 1. The van der Waals surface area contributed by atoms with Crippen molar-refractivity contribution in [3.8, 4) is 11.5 Å². The van der Waals surface area contributed by atoms with Gasteiger partial charge in [-0.1, -0.05) is 12.1 Å². The summed E-state index contributed by atoms with van der Waals surface area (Å²) in [6.45, 7) is 0. The number of halogens is 2. The normalized spacial score (nSPS) is 10.9. The summed E-state index contributed by atoms with van der Waals surface area (Å²) >= 11 is 6.66. The van der Waals surface area contributed by atoms with Crippen molar-refractivity contribution in [3.63, 3.8) is 0 Å². The minimum absolute atomic E-state index is 0.146. The molecule has 19 heavy (non-hydrogen) atoms. The van der Waals surface area contributed by atoms with Gasteiger partial charge < -0.3 is 9.84 Å². The zero-order chi connectivity index (χ0) is 13.8. The number of benzene rings is 2. The van der Waals surface area contributed by atoms with Crippen molar-refractivity contribution in [1.82, 2.24) is 0 Å². The second-order valence-electron chi connectivity index (χ2n) is 3.72. The number of hydrogen-bond acceptors (Lipinski definition) is 3. The van der Waals surface area contributed by atoms with E-state index in [0.29, 0.717) is 21.5 Å². The molecular formula is C14H11Br2NO2. The largest absolute Gasteiger partial charge is 0.506 e. The number of aromatic hydroxyl groups is 1. The first-order valence-electron chi connectivity index (χ1n) is 5.47. The van der Waals surface area contributed by atoms with Gasteiger partial charge in [0, 0.05) is 16.3 Å². The SMILES string of the molecule is COc1ccccc1N=Cc1c(Br)ccc(Br)c1O. The summed E-state index contributed by atoms with van der Waals surface area (Å²) in [7, 11) is 1.60. The Hall–Kier alpha value is -1.33. The molecule has 0 fully saturated rings. The van der Waals surface area contributed by atoms with Gasteiger partial charge in [-0.25, -0.2) is 0 Å². The third kappa shape index (κ3) is 3.16. The van der Waals surface area contributed by atoms with E-state index in [-0.39, 0.29) is 5.75 Å². The van der Waals surface area contributed by atoms with Gasteiger partial charge in [0.15, 0.2) is 0 Å². The fourth-order valence-corrected chi connectivity index (χ4v) is 2.32. The van der Waals surface area contributed by atoms with E-state index in [1.807, 2.05) is 30.3 Å². The number of hydrogen-bond donors (Lipinski definition) is 1. The molecule has 0 aliphatic rings. The molecule has 0 aliphatic carbocycles. The molecule has 0 heterocycles. The van der Waals surface area contributed by atoms with Crippen LogP contribution in [0.4, 0.5) is 5.69 Å². The first kappa shape index (κ1) is 14.1. The number of rotatable bonds is 3. The second-order valence-corrected chi connectivity index (χ2v) is 5.43. The molecule has 0 atom stereocenters. The Balaban J connectivity index is 2.41. The summed E-state index contributed by atoms with van der Waals surface area (Å²) in [5.74, 6) is 0.831. The predicted molar refractivity (Wildman–Crippen MR) is 83.8 cm³/mol. The Bertz CT molecular complexity index is 627. The van der Waals surface area contributed by atoms with Crippen molar-refractivity contribution in [3.05, 3.63) is 50.9 Å². The van der Waals surface area contributed by atoms with Crippen LogP contribution in [0.1, 0.15) is 5.56 Å². The van der Waals surface area contributed by atoms with Crippen molar-refractivity contribution >= 4 is 43.8 Å². The van der Waals surface area contributed by atoms with Gasteiger partial charge in [-0.05, 0) is 56.1 Å². The van der Waals surface area contributed by atoms with Gasteiger partial charge >= 0.3 is 0 Å². The third-order valence-electron chi connectivity index (χ3n) is 2.53. The molecule has 2 rings (SSSR count). The summed E-state index contributed by atoms with van der Waals surface area (Å²) in [4.78, 5) is 4.35. The van der Waals surface area contributed by atoms with Crippen LogP contribution in [0.25, 0.3) is 0 Å². The van der Waals surface area contributed by atoms with E-state index >= 15 is 0 Å². The van der Waals surface area contributed by atoms with Crippen molar-refractivity contribution < 1.29 is 9.84 Å². The molecule has 0 saturated carbocycles. The van der Waals surface area contributed by atoms with Crippen LogP contribution >= 0.6 is 31.9 Å². The number of aliphatic imine (C=N–C) groups is 1. The van der Waals surface area contributed by atoms with E-state index in [1.54, 1.807) is 19.4 Å².